The summed E-state index contributed by atoms with van der Waals surface area (Å²) < 4.78 is 2.03. The van der Waals surface area contributed by atoms with E-state index in [9.17, 15) is 0 Å². The zero-order valence-corrected chi connectivity index (χ0v) is 10.5. The topological polar surface area (TPSA) is 58.5 Å². The second kappa shape index (κ2) is 5.14. The first-order valence-corrected chi connectivity index (χ1v) is 5.95. The number of nitrogens with one attached hydrogen (secondary N) is 2. The van der Waals surface area contributed by atoms with E-state index in [2.05, 4.69) is 34.1 Å². The molecule has 2 aromatic heterocycles. The molecule has 5 nitrogen and oxygen atoms in total. The van der Waals surface area contributed by atoms with E-state index in [4.69, 9.17) is 0 Å². The van der Waals surface area contributed by atoms with Crippen molar-refractivity contribution < 1.29 is 0 Å². The van der Waals surface area contributed by atoms with Crippen LogP contribution in [0.1, 0.15) is 44.0 Å². The smallest absolute Gasteiger partial charge is 0.125 e. The van der Waals surface area contributed by atoms with Gasteiger partial charge in [-0.25, -0.2) is 9.97 Å². The van der Waals surface area contributed by atoms with Gasteiger partial charge in [0.2, 0.25) is 0 Å². The van der Waals surface area contributed by atoms with Crippen molar-refractivity contribution in [3.05, 3.63) is 36.4 Å². The first-order valence-electron chi connectivity index (χ1n) is 5.95. The number of rotatable bonds is 5. The highest BCUT2D eigenvalue weighted by atomic mass is 15.1. The maximum absolute atomic E-state index is 4.35. The Morgan fingerprint density at radius 2 is 2.24 bits per heavy atom. The van der Waals surface area contributed by atoms with Crippen molar-refractivity contribution in [2.45, 2.75) is 32.4 Å². The van der Waals surface area contributed by atoms with Crippen molar-refractivity contribution in [3.63, 3.8) is 0 Å². The van der Waals surface area contributed by atoms with E-state index in [1.165, 1.54) is 0 Å². The molecule has 92 valence electrons. The molecular weight excluding hydrogens is 214 g/mol. The summed E-state index contributed by atoms with van der Waals surface area (Å²) >= 11 is 0. The van der Waals surface area contributed by atoms with Crippen molar-refractivity contribution >= 4 is 0 Å². The highest BCUT2D eigenvalue weighted by Crippen LogP contribution is 2.18. The van der Waals surface area contributed by atoms with E-state index in [1.54, 1.807) is 6.20 Å². The lowest BCUT2D eigenvalue weighted by atomic mass is 10.2. The third kappa shape index (κ3) is 2.55. The van der Waals surface area contributed by atoms with Crippen LogP contribution >= 0.6 is 0 Å². The van der Waals surface area contributed by atoms with Gasteiger partial charge in [-0.2, -0.15) is 0 Å². The number of imidazole rings is 2. The molecule has 0 aliphatic rings. The minimum Gasteiger partial charge on any atom is -0.347 e. The molecule has 0 aliphatic heterocycles. The minimum absolute atomic E-state index is 0.199. The zero-order valence-electron chi connectivity index (χ0n) is 10.5. The van der Waals surface area contributed by atoms with Crippen molar-refractivity contribution in [2.24, 2.45) is 7.05 Å². The number of aromatic nitrogens is 4. The van der Waals surface area contributed by atoms with Crippen LogP contribution in [0, 0.1) is 0 Å². The normalized spacial score (nSPS) is 14.8. The molecule has 0 aromatic carbocycles. The fourth-order valence-electron chi connectivity index (χ4n) is 2.03. The maximum Gasteiger partial charge on any atom is 0.125 e. The van der Waals surface area contributed by atoms with Crippen LogP contribution in [0.2, 0.25) is 0 Å². The quantitative estimate of drug-likeness (QED) is 0.829. The molecule has 0 amide bonds. The van der Waals surface area contributed by atoms with Crippen LogP contribution in [0.3, 0.4) is 0 Å². The van der Waals surface area contributed by atoms with Crippen molar-refractivity contribution in [3.8, 4) is 0 Å². The Labute approximate surface area is 101 Å². The van der Waals surface area contributed by atoms with Crippen LogP contribution in [-0.2, 0) is 7.05 Å². The molecule has 0 bridgehead atoms. The van der Waals surface area contributed by atoms with E-state index in [0.717, 1.165) is 18.1 Å². The first kappa shape index (κ1) is 11.9. The summed E-state index contributed by atoms with van der Waals surface area (Å²) in [7, 11) is 2.01. The fraction of sp³-hybridized carbons (Fsp3) is 0.500. The van der Waals surface area contributed by atoms with Gasteiger partial charge in [0, 0.05) is 31.8 Å². The van der Waals surface area contributed by atoms with E-state index in [0.29, 0.717) is 0 Å². The van der Waals surface area contributed by atoms with Crippen LogP contribution in [-0.4, -0.2) is 19.5 Å². The van der Waals surface area contributed by atoms with Gasteiger partial charge in [0.25, 0.3) is 0 Å². The molecular formula is C12H19N5. The van der Waals surface area contributed by atoms with Crippen molar-refractivity contribution in [2.75, 3.05) is 0 Å². The van der Waals surface area contributed by atoms with Gasteiger partial charge in [-0.05, 0) is 13.3 Å². The van der Waals surface area contributed by atoms with Crippen LogP contribution in [0.15, 0.2) is 24.8 Å². The van der Waals surface area contributed by atoms with Gasteiger partial charge in [-0.3, -0.25) is 5.32 Å². The number of nitrogens with zero attached hydrogens (tertiary/aromatic N) is 3. The van der Waals surface area contributed by atoms with E-state index >= 15 is 0 Å². The summed E-state index contributed by atoms with van der Waals surface area (Å²) in [6, 6.07) is 0.432. The van der Waals surface area contributed by atoms with E-state index in [1.807, 2.05) is 30.2 Å². The molecule has 0 spiro atoms. The predicted octanol–water partition coefficient (Wildman–Crippen LogP) is 1.95. The van der Waals surface area contributed by atoms with Gasteiger partial charge in [0.1, 0.15) is 11.6 Å². The second-order valence-corrected chi connectivity index (χ2v) is 4.22. The SMILES string of the molecule is CCC(NC(C)c1nccn1C)c1ncc[nH]1. The molecule has 2 aromatic rings. The monoisotopic (exact) mass is 233 g/mol. The number of aryl methyl sites for hydroxylation is 1. The van der Waals surface area contributed by atoms with Gasteiger partial charge in [-0.1, -0.05) is 6.92 Å². The molecule has 2 heterocycles. The lowest BCUT2D eigenvalue weighted by molar-refractivity contribution is 0.422. The van der Waals surface area contributed by atoms with Crippen LogP contribution in [0.25, 0.3) is 0 Å². The summed E-state index contributed by atoms with van der Waals surface area (Å²) in [5.74, 6) is 2.02. The molecule has 2 N–H and O–H groups in total. The summed E-state index contributed by atoms with van der Waals surface area (Å²) in [4.78, 5) is 11.8. The Morgan fingerprint density at radius 3 is 2.76 bits per heavy atom. The molecule has 0 saturated heterocycles. The third-order valence-electron chi connectivity index (χ3n) is 2.95. The molecule has 2 atom stereocenters. The van der Waals surface area contributed by atoms with Gasteiger partial charge < -0.3 is 9.55 Å². The third-order valence-corrected chi connectivity index (χ3v) is 2.95. The molecule has 0 radical (unpaired) electrons. The lowest BCUT2D eigenvalue weighted by Gasteiger charge is -2.20. The van der Waals surface area contributed by atoms with Crippen LogP contribution in [0.5, 0.6) is 0 Å². The highest BCUT2D eigenvalue weighted by molar-refractivity contribution is 5.01. The standard InChI is InChI=1S/C12H19N5/c1-4-10(11-13-5-6-14-11)16-9(2)12-15-7-8-17(12)3/h5-10,16H,4H2,1-3H3,(H,13,14). The Bertz CT molecular complexity index is 445. The highest BCUT2D eigenvalue weighted by Gasteiger charge is 2.17. The van der Waals surface area contributed by atoms with E-state index < -0.39 is 0 Å². The molecule has 0 aliphatic carbocycles. The molecule has 17 heavy (non-hydrogen) atoms. The molecule has 2 unspecified atom stereocenters. The largest absolute Gasteiger partial charge is 0.347 e. The van der Waals surface area contributed by atoms with Crippen LogP contribution < -0.4 is 5.32 Å². The number of hydrogen-bond donors (Lipinski definition) is 2. The zero-order chi connectivity index (χ0) is 12.3. The Balaban J connectivity index is 2.07. The summed E-state index contributed by atoms with van der Waals surface area (Å²) in [6.45, 7) is 4.26. The van der Waals surface area contributed by atoms with Gasteiger partial charge in [-0.15, -0.1) is 0 Å². The maximum atomic E-state index is 4.35. The van der Waals surface area contributed by atoms with Crippen LogP contribution in [0.4, 0.5) is 0 Å². The van der Waals surface area contributed by atoms with Gasteiger partial charge in [0.05, 0.1) is 12.1 Å². The minimum atomic E-state index is 0.199. The average molecular weight is 233 g/mol. The summed E-state index contributed by atoms with van der Waals surface area (Å²) in [5, 5.41) is 3.54. The summed E-state index contributed by atoms with van der Waals surface area (Å²) in [6.07, 6.45) is 8.40. The van der Waals surface area contributed by atoms with Crippen molar-refractivity contribution in [1.82, 2.24) is 24.8 Å². The predicted molar refractivity (Wildman–Crippen MR) is 66.4 cm³/mol. The molecule has 0 saturated carbocycles. The fourth-order valence-corrected chi connectivity index (χ4v) is 2.03. The second-order valence-electron chi connectivity index (χ2n) is 4.22. The Kier molecular flexibility index (Phi) is 3.58. The molecule has 0 fully saturated rings. The van der Waals surface area contributed by atoms with Crippen molar-refractivity contribution in [1.29, 1.82) is 0 Å². The lowest BCUT2D eigenvalue weighted by Crippen LogP contribution is -2.26. The molecule has 2 rings (SSSR count). The van der Waals surface area contributed by atoms with Gasteiger partial charge in [0.15, 0.2) is 0 Å². The van der Waals surface area contributed by atoms with Gasteiger partial charge >= 0.3 is 0 Å². The average Bonchev–Trinajstić information content (AvgIpc) is 2.96. The Morgan fingerprint density at radius 1 is 1.41 bits per heavy atom. The number of hydrogen-bond acceptors (Lipinski definition) is 3. The number of aromatic amines is 1. The van der Waals surface area contributed by atoms with E-state index in [-0.39, 0.29) is 12.1 Å². The Hall–Kier alpha value is -1.62. The first-order chi connectivity index (χ1) is 8.22. The number of H-pyrrole nitrogens is 1. The summed E-state index contributed by atoms with van der Waals surface area (Å²) in [5.41, 5.74) is 0. The molecule has 5 heteroatoms.